The van der Waals surface area contributed by atoms with Gasteiger partial charge in [-0.2, -0.15) is 9.97 Å². The van der Waals surface area contributed by atoms with Crippen molar-refractivity contribution >= 4 is 39.4 Å². The molecule has 208 valence electrons. The fourth-order valence-corrected chi connectivity index (χ4v) is 7.81. The smallest absolute Gasteiger partial charge is 0.319 e. The Bertz CT molecular complexity index is 1620. The fourth-order valence-electron chi connectivity index (χ4n) is 7.56. The third kappa shape index (κ3) is 3.79. The number of pyridine rings is 1. The highest BCUT2D eigenvalue weighted by Gasteiger charge is 2.45. The van der Waals surface area contributed by atoms with Gasteiger partial charge in [-0.05, 0) is 63.7 Å². The molecule has 0 unspecified atom stereocenters. The van der Waals surface area contributed by atoms with E-state index in [2.05, 4.69) is 30.1 Å². The molecule has 7 heterocycles. The number of nitrogens with one attached hydrogen (secondary N) is 2. The monoisotopic (exact) mass is 565 g/mol. The molecule has 1 aromatic carbocycles. The molecule has 2 N–H and O–H groups in total. The second kappa shape index (κ2) is 9.22. The van der Waals surface area contributed by atoms with Crippen LogP contribution in [0.1, 0.15) is 38.5 Å². The van der Waals surface area contributed by atoms with Gasteiger partial charge in [0.2, 0.25) is 0 Å². The van der Waals surface area contributed by atoms with Gasteiger partial charge < -0.3 is 19.9 Å². The molecule has 4 aliphatic rings. The van der Waals surface area contributed by atoms with Crippen molar-refractivity contribution in [2.75, 3.05) is 37.7 Å². The molecule has 8 nitrogen and oxygen atoms in total. The van der Waals surface area contributed by atoms with Gasteiger partial charge in [0.1, 0.15) is 29.4 Å². The lowest BCUT2D eigenvalue weighted by Crippen LogP contribution is -2.51. The van der Waals surface area contributed by atoms with E-state index in [1.807, 2.05) is 0 Å². The minimum Gasteiger partial charge on any atom is -0.461 e. The zero-order chi connectivity index (χ0) is 27.0. The van der Waals surface area contributed by atoms with E-state index >= 15 is 8.78 Å². The molecule has 4 saturated heterocycles. The number of aromatic amines is 1. The number of nitrogens with zero attached hydrogens (tertiary/aromatic N) is 5. The maximum Gasteiger partial charge on any atom is 0.319 e. The first-order valence-electron chi connectivity index (χ1n) is 14.2. The number of halogens is 3. The van der Waals surface area contributed by atoms with Crippen LogP contribution in [0.2, 0.25) is 5.02 Å². The van der Waals surface area contributed by atoms with Crippen LogP contribution in [0.15, 0.2) is 24.5 Å². The average Bonchev–Trinajstić information content (AvgIpc) is 3.73. The lowest BCUT2D eigenvalue weighted by Gasteiger charge is -2.34. The van der Waals surface area contributed by atoms with Crippen molar-refractivity contribution in [3.8, 4) is 17.1 Å². The highest BCUT2D eigenvalue weighted by molar-refractivity contribution is 6.34. The van der Waals surface area contributed by atoms with E-state index in [4.69, 9.17) is 21.3 Å². The zero-order valence-electron chi connectivity index (χ0n) is 22.0. The van der Waals surface area contributed by atoms with E-state index in [-0.39, 0.29) is 33.2 Å². The van der Waals surface area contributed by atoms with Crippen LogP contribution in [0.3, 0.4) is 0 Å². The second-order valence-corrected chi connectivity index (χ2v) is 12.2. The predicted molar refractivity (Wildman–Crippen MR) is 150 cm³/mol. The molecular weight excluding hydrogens is 536 g/mol. The van der Waals surface area contributed by atoms with Crippen LogP contribution in [-0.4, -0.2) is 75.2 Å². The number of fused-ring (bicyclic) bond motifs is 5. The lowest BCUT2D eigenvalue weighted by molar-refractivity contribution is 0.108. The van der Waals surface area contributed by atoms with Gasteiger partial charge in [-0.15, -0.1) is 0 Å². The summed E-state index contributed by atoms with van der Waals surface area (Å²) in [7, 11) is 0. The molecule has 40 heavy (non-hydrogen) atoms. The number of piperazine rings is 1. The minimum atomic E-state index is -0.779. The summed E-state index contributed by atoms with van der Waals surface area (Å²) < 4.78 is 38.8. The van der Waals surface area contributed by atoms with Crippen molar-refractivity contribution in [1.29, 1.82) is 0 Å². The van der Waals surface area contributed by atoms with Crippen LogP contribution in [0.5, 0.6) is 6.01 Å². The van der Waals surface area contributed by atoms with Gasteiger partial charge in [-0.1, -0.05) is 11.6 Å². The van der Waals surface area contributed by atoms with Gasteiger partial charge in [0.15, 0.2) is 5.82 Å². The number of hydrogen-bond donors (Lipinski definition) is 2. The summed E-state index contributed by atoms with van der Waals surface area (Å²) in [5.74, 6) is -0.982. The Morgan fingerprint density at radius 1 is 1.05 bits per heavy atom. The number of hydrogen-bond acceptors (Lipinski definition) is 7. The molecule has 4 aromatic rings. The molecule has 8 rings (SSSR count). The highest BCUT2D eigenvalue weighted by Crippen LogP contribution is 2.42. The Balaban J connectivity index is 1.28. The number of benzene rings is 1. The Labute approximate surface area is 235 Å². The van der Waals surface area contributed by atoms with Gasteiger partial charge in [-0.25, -0.2) is 13.8 Å². The summed E-state index contributed by atoms with van der Waals surface area (Å²) in [4.78, 5) is 21.3. The first kappa shape index (κ1) is 24.7. The molecule has 11 heteroatoms. The van der Waals surface area contributed by atoms with Crippen LogP contribution in [0, 0.1) is 11.6 Å². The number of rotatable bonds is 5. The standard InChI is InChI=1S/C29H30ClF2N7O/c30-20-12-34-26-18(5-8-33-26)22(20)23-21(31)11-19-25(24(23)32)36-28(40-15-29-6-1-9-39(29)10-2-7-29)37-27(19)38-13-16-3-4-17(14-38)35-16/h5,8,11-12,16-17,35H,1-4,6-7,9-10,13-15H2,(H,33,34)/t16-,17+. The summed E-state index contributed by atoms with van der Waals surface area (Å²) >= 11 is 6.50. The third-order valence-electron chi connectivity index (χ3n) is 9.43. The summed E-state index contributed by atoms with van der Waals surface area (Å²) in [6.07, 6.45) is 9.68. The van der Waals surface area contributed by atoms with Crippen molar-refractivity contribution in [3.63, 3.8) is 0 Å². The average molecular weight is 566 g/mol. The van der Waals surface area contributed by atoms with E-state index in [9.17, 15) is 0 Å². The van der Waals surface area contributed by atoms with E-state index in [1.54, 1.807) is 12.3 Å². The van der Waals surface area contributed by atoms with Crippen molar-refractivity contribution in [1.82, 2.24) is 30.2 Å². The van der Waals surface area contributed by atoms with Crippen molar-refractivity contribution in [2.45, 2.75) is 56.1 Å². The Morgan fingerprint density at radius 3 is 2.60 bits per heavy atom. The molecule has 3 aromatic heterocycles. The van der Waals surface area contributed by atoms with Gasteiger partial charge in [0.25, 0.3) is 0 Å². The maximum atomic E-state index is 16.6. The van der Waals surface area contributed by atoms with Crippen LogP contribution in [0.25, 0.3) is 33.1 Å². The van der Waals surface area contributed by atoms with Crippen molar-refractivity contribution < 1.29 is 13.5 Å². The Morgan fingerprint density at radius 2 is 1.82 bits per heavy atom. The molecule has 0 radical (unpaired) electrons. The first-order chi connectivity index (χ1) is 19.5. The third-order valence-corrected chi connectivity index (χ3v) is 9.72. The van der Waals surface area contributed by atoms with Crippen LogP contribution >= 0.6 is 11.6 Å². The van der Waals surface area contributed by atoms with Gasteiger partial charge in [0, 0.05) is 53.9 Å². The summed E-state index contributed by atoms with van der Waals surface area (Å²) in [5.41, 5.74) is 0.546. The maximum absolute atomic E-state index is 16.6. The number of anilines is 1. The van der Waals surface area contributed by atoms with Crippen LogP contribution in [-0.2, 0) is 0 Å². The number of ether oxygens (including phenoxy) is 1. The normalized spacial score (nSPS) is 23.9. The van der Waals surface area contributed by atoms with Gasteiger partial charge >= 0.3 is 6.01 Å². The van der Waals surface area contributed by atoms with Crippen LogP contribution in [0.4, 0.5) is 14.6 Å². The van der Waals surface area contributed by atoms with Crippen LogP contribution < -0.4 is 15.0 Å². The second-order valence-electron chi connectivity index (χ2n) is 11.7. The highest BCUT2D eigenvalue weighted by atomic mass is 35.5. The van der Waals surface area contributed by atoms with Gasteiger partial charge in [0.05, 0.1) is 16.1 Å². The summed E-state index contributed by atoms with van der Waals surface area (Å²) in [6, 6.07) is 3.84. The van der Waals surface area contributed by atoms with E-state index < -0.39 is 11.6 Å². The first-order valence-corrected chi connectivity index (χ1v) is 14.6. The lowest BCUT2D eigenvalue weighted by atomic mass is 9.95. The van der Waals surface area contributed by atoms with E-state index in [0.717, 1.165) is 51.6 Å². The van der Waals surface area contributed by atoms with E-state index in [0.29, 0.717) is 54.0 Å². The zero-order valence-corrected chi connectivity index (χ0v) is 22.8. The molecule has 0 aliphatic carbocycles. The van der Waals surface area contributed by atoms with Gasteiger partial charge in [-0.3, -0.25) is 4.90 Å². The predicted octanol–water partition coefficient (Wildman–Crippen LogP) is 5.05. The molecule has 0 spiro atoms. The number of aromatic nitrogens is 4. The molecule has 4 aliphatic heterocycles. The molecule has 4 fully saturated rings. The molecular formula is C29H30ClF2N7O. The topological polar surface area (TPSA) is 82.2 Å². The number of H-pyrrole nitrogens is 1. The summed E-state index contributed by atoms with van der Waals surface area (Å²) in [6.45, 7) is 4.04. The fraction of sp³-hybridized carbons (Fsp3) is 0.483. The Hall–Kier alpha value is -3.08. The molecule has 2 bridgehead atoms. The van der Waals surface area contributed by atoms with Crippen molar-refractivity contribution in [3.05, 3.63) is 41.2 Å². The summed E-state index contributed by atoms with van der Waals surface area (Å²) in [5, 5.41) is 4.66. The largest absolute Gasteiger partial charge is 0.461 e. The quantitative estimate of drug-likeness (QED) is 0.350. The van der Waals surface area contributed by atoms with E-state index in [1.165, 1.54) is 12.3 Å². The molecule has 0 amide bonds. The molecule has 2 atom stereocenters. The molecule has 0 saturated carbocycles. The minimum absolute atomic E-state index is 0.0103. The Kier molecular flexibility index (Phi) is 5.69. The SMILES string of the molecule is Fc1cc2c(N3C[C@H]4CC[C@@H](C3)N4)nc(OCC34CCCN3CCC4)nc2c(F)c1-c1c(Cl)cnc2[nH]ccc12. The van der Waals surface area contributed by atoms with Crippen molar-refractivity contribution in [2.24, 2.45) is 0 Å².